The van der Waals surface area contributed by atoms with Crippen LogP contribution in [0, 0.1) is 6.92 Å². The highest BCUT2D eigenvalue weighted by Crippen LogP contribution is 2.21. The standard InChI is InChI=1S/C14H24N6/c1-3-20-13-12(11(2)17-20)16-14(15)19(13)10-9-18-7-5-4-6-8-18/h3-10H2,1-2H3,(H2,15,16). The molecule has 2 aromatic rings. The molecule has 1 fully saturated rings. The summed E-state index contributed by atoms with van der Waals surface area (Å²) in [5, 5.41) is 4.53. The first kappa shape index (κ1) is 13.4. The van der Waals surface area contributed by atoms with Gasteiger partial charge >= 0.3 is 0 Å². The third kappa shape index (κ3) is 2.28. The molecule has 6 nitrogen and oxygen atoms in total. The highest BCUT2D eigenvalue weighted by molar-refractivity contribution is 5.77. The van der Waals surface area contributed by atoms with E-state index in [0.717, 1.165) is 36.5 Å². The minimum atomic E-state index is 0.611. The van der Waals surface area contributed by atoms with Crippen molar-refractivity contribution < 1.29 is 0 Å². The lowest BCUT2D eigenvalue weighted by atomic mass is 10.1. The maximum Gasteiger partial charge on any atom is 0.202 e. The van der Waals surface area contributed by atoms with Crippen LogP contribution in [-0.2, 0) is 13.1 Å². The topological polar surface area (TPSA) is 64.9 Å². The zero-order valence-corrected chi connectivity index (χ0v) is 12.5. The minimum Gasteiger partial charge on any atom is -0.369 e. The van der Waals surface area contributed by atoms with Gasteiger partial charge in [-0.3, -0.25) is 4.57 Å². The maximum absolute atomic E-state index is 6.10. The number of imidazole rings is 1. The van der Waals surface area contributed by atoms with Crippen molar-refractivity contribution in [2.24, 2.45) is 0 Å². The van der Waals surface area contributed by atoms with Crippen LogP contribution in [0.2, 0.25) is 0 Å². The molecule has 0 atom stereocenters. The summed E-state index contributed by atoms with van der Waals surface area (Å²) in [5.41, 5.74) is 9.08. The van der Waals surface area contributed by atoms with Gasteiger partial charge in [0, 0.05) is 19.6 Å². The number of nitrogens with two attached hydrogens (primary N) is 1. The Balaban J connectivity index is 1.84. The van der Waals surface area contributed by atoms with Gasteiger partial charge in [-0.15, -0.1) is 0 Å². The lowest BCUT2D eigenvalue weighted by Crippen LogP contribution is -2.32. The molecular formula is C14H24N6. The normalized spacial score (nSPS) is 17.1. The van der Waals surface area contributed by atoms with Crippen LogP contribution in [0.3, 0.4) is 0 Å². The fraction of sp³-hybridized carbons (Fsp3) is 0.714. The van der Waals surface area contributed by atoms with E-state index < -0.39 is 0 Å². The Kier molecular flexibility index (Phi) is 3.65. The number of aryl methyl sites for hydroxylation is 2. The third-order valence-electron chi connectivity index (χ3n) is 4.22. The van der Waals surface area contributed by atoms with Crippen molar-refractivity contribution in [3.05, 3.63) is 5.69 Å². The predicted molar refractivity (Wildman–Crippen MR) is 80.6 cm³/mol. The molecule has 2 N–H and O–H groups in total. The van der Waals surface area contributed by atoms with Crippen molar-refractivity contribution in [2.75, 3.05) is 25.4 Å². The molecule has 20 heavy (non-hydrogen) atoms. The number of fused-ring (bicyclic) bond motifs is 1. The number of piperidine rings is 1. The molecule has 0 bridgehead atoms. The summed E-state index contributed by atoms with van der Waals surface area (Å²) in [7, 11) is 0. The molecule has 1 saturated heterocycles. The molecule has 3 rings (SSSR count). The fourth-order valence-electron chi connectivity index (χ4n) is 3.11. The zero-order chi connectivity index (χ0) is 14.1. The molecule has 1 aliphatic rings. The number of nitrogens with zero attached hydrogens (tertiary/aromatic N) is 5. The predicted octanol–water partition coefficient (Wildman–Crippen LogP) is 1.63. The highest BCUT2D eigenvalue weighted by atomic mass is 15.4. The molecule has 6 heteroatoms. The van der Waals surface area contributed by atoms with Gasteiger partial charge in [-0.2, -0.15) is 5.10 Å². The minimum absolute atomic E-state index is 0.611. The van der Waals surface area contributed by atoms with Crippen molar-refractivity contribution in [1.29, 1.82) is 0 Å². The van der Waals surface area contributed by atoms with Crippen LogP contribution in [0.15, 0.2) is 0 Å². The number of hydrogen-bond donors (Lipinski definition) is 1. The summed E-state index contributed by atoms with van der Waals surface area (Å²) in [4.78, 5) is 7.01. The average Bonchev–Trinajstić information content (AvgIpc) is 2.95. The number of rotatable bonds is 4. The largest absolute Gasteiger partial charge is 0.369 e. The number of aromatic nitrogens is 4. The number of nitrogen functional groups attached to an aromatic ring is 1. The van der Waals surface area contributed by atoms with Gasteiger partial charge in [0.05, 0.1) is 5.69 Å². The molecule has 0 amide bonds. The van der Waals surface area contributed by atoms with Gasteiger partial charge < -0.3 is 10.6 Å². The molecule has 0 spiro atoms. The van der Waals surface area contributed by atoms with Crippen molar-refractivity contribution >= 4 is 17.1 Å². The van der Waals surface area contributed by atoms with E-state index in [1.54, 1.807) is 0 Å². The molecule has 110 valence electrons. The monoisotopic (exact) mass is 276 g/mol. The fourth-order valence-corrected chi connectivity index (χ4v) is 3.11. The van der Waals surface area contributed by atoms with Gasteiger partial charge in [-0.25, -0.2) is 9.67 Å². The molecule has 2 aromatic heterocycles. The van der Waals surface area contributed by atoms with E-state index in [1.807, 2.05) is 11.6 Å². The van der Waals surface area contributed by atoms with Gasteiger partial charge in [-0.1, -0.05) is 6.42 Å². The molecular weight excluding hydrogens is 252 g/mol. The summed E-state index contributed by atoms with van der Waals surface area (Å²) in [5.74, 6) is 0.611. The second-order valence-electron chi connectivity index (χ2n) is 5.60. The van der Waals surface area contributed by atoms with E-state index in [2.05, 4.69) is 26.5 Å². The van der Waals surface area contributed by atoms with Crippen LogP contribution < -0.4 is 5.73 Å². The lowest BCUT2D eigenvalue weighted by molar-refractivity contribution is 0.221. The summed E-state index contributed by atoms with van der Waals surface area (Å²) in [6.07, 6.45) is 4.01. The molecule has 1 aliphatic heterocycles. The van der Waals surface area contributed by atoms with E-state index in [4.69, 9.17) is 5.73 Å². The number of likely N-dealkylation sites (tertiary alicyclic amines) is 1. The van der Waals surface area contributed by atoms with Crippen molar-refractivity contribution in [2.45, 2.75) is 46.2 Å². The van der Waals surface area contributed by atoms with Crippen LogP contribution >= 0.6 is 0 Å². The number of anilines is 1. The second kappa shape index (κ2) is 5.44. The summed E-state index contributed by atoms with van der Waals surface area (Å²) in [6.45, 7) is 9.31. The zero-order valence-electron chi connectivity index (χ0n) is 12.5. The quantitative estimate of drug-likeness (QED) is 0.922. The van der Waals surface area contributed by atoms with Crippen LogP contribution in [0.4, 0.5) is 5.95 Å². The Labute approximate surface area is 119 Å². The second-order valence-corrected chi connectivity index (χ2v) is 5.60. The Bertz CT molecular complexity index is 590. The molecule has 0 aromatic carbocycles. The smallest absolute Gasteiger partial charge is 0.202 e. The van der Waals surface area contributed by atoms with Gasteiger partial charge in [-0.05, 0) is 39.8 Å². The Morgan fingerprint density at radius 3 is 2.60 bits per heavy atom. The van der Waals surface area contributed by atoms with Gasteiger partial charge in [0.15, 0.2) is 5.65 Å². The van der Waals surface area contributed by atoms with Crippen LogP contribution in [0.5, 0.6) is 0 Å². The van der Waals surface area contributed by atoms with Gasteiger partial charge in [0.25, 0.3) is 0 Å². The van der Waals surface area contributed by atoms with Gasteiger partial charge in [0.2, 0.25) is 5.95 Å². The van der Waals surface area contributed by atoms with E-state index in [0.29, 0.717) is 5.95 Å². The SMILES string of the molecule is CCn1nc(C)c2nc(N)n(CCN3CCCCC3)c21. The number of hydrogen-bond acceptors (Lipinski definition) is 4. The average molecular weight is 276 g/mol. The Morgan fingerprint density at radius 2 is 1.90 bits per heavy atom. The van der Waals surface area contributed by atoms with Crippen LogP contribution in [0.25, 0.3) is 11.2 Å². The summed E-state index contributed by atoms with van der Waals surface area (Å²) >= 11 is 0. The summed E-state index contributed by atoms with van der Waals surface area (Å²) in [6, 6.07) is 0. The van der Waals surface area contributed by atoms with E-state index in [-0.39, 0.29) is 0 Å². The molecule has 0 unspecified atom stereocenters. The highest BCUT2D eigenvalue weighted by Gasteiger charge is 2.17. The molecule has 0 aliphatic carbocycles. The van der Waals surface area contributed by atoms with Crippen molar-refractivity contribution in [1.82, 2.24) is 24.2 Å². The first-order chi connectivity index (χ1) is 9.70. The van der Waals surface area contributed by atoms with E-state index >= 15 is 0 Å². The summed E-state index contributed by atoms with van der Waals surface area (Å²) < 4.78 is 4.12. The first-order valence-electron chi connectivity index (χ1n) is 7.62. The van der Waals surface area contributed by atoms with Crippen LogP contribution in [0.1, 0.15) is 31.9 Å². The van der Waals surface area contributed by atoms with Crippen LogP contribution in [-0.4, -0.2) is 43.9 Å². The van der Waals surface area contributed by atoms with Gasteiger partial charge in [0.1, 0.15) is 5.52 Å². The van der Waals surface area contributed by atoms with Crippen molar-refractivity contribution in [3.8, 4) is 0 Å². The van der Waals surface area contributed by atoms with E-state index in [1.165, 1.54) is 32.4 Å². The molecule has 0 radical (unpaired) electrons. The lowest BCUT2D eigenvalue weighted by Gasteiger charge is -2.26. The third-order valence-corrected chi connectivity index (χ3v) is 4.22. The molecule has 3 heterocycles. The van der Waals surface area contributed by atoms with E-state index in [9.17, 15) is 0 Å². The van der Waals surface area contributed by atoms with Crippen molar-refractivity contribution in [3.63, 3.8) is 0 Å². The first-order valence-corrected chi connectivity index (χ1v) is 7.62. The maximum atomic E-state index is 6.10. The Morgan fingerprint density at radius 1 is 1.15 bits per heavy atom. The molecule has 0 saturated carbocycles. The Hall–Kier alpha value is -1.56.